The Morgan fingerprint density at radius 1 is 0.350 bits per heavy atom. The molecular formula is C54H94O6. The quantitative estimate of drug-likeness (QED) is 0.0263. The third kappa shape index (κ3) is 46.2. The zero-order valence-electron chi connectivity index (χ0n) is 39.5. The molecule has 0 aromatic heterocycles. The molecule has 0 amide bonds. The van der Waals surface area contributed by atoms with E-state index in [1.54, 1.807) is 0 Å². The van der Waals surface area contributed by atoms with E-state index in [0.717, 1.165) is 109 Å². The lowest BCUT2D eigenvalue weighted by atomic mass is 10.0. The van der Waals surface area contributed by atoms with Gasteiger partial charge in [-0.25, -0.2) is 0 Å². The molecule has 6 nitrogen and oxygen atoms in total. The second-order valence-electron chi connectivity index (χ2n) is 16.7. The summed E-state index contributed by atoms with van der Waals surface area (Å²) in [6.07, 6.45) is 59.2. The van der Waals surface area contributed by atoms with Crippen molar-refractivity contribution in [2.24, 2.45) is 0 Å². The molecule has 0 rings (SSSR count). The molecule has 0 aromatic carbocycles. The Morgan fingerprint density at radius 3 is 1.10 bits per heavy atom. The smallest absolute Gasteiger partial charge is 0.306 e. The first-order valence-electron chi connectivity index (χ1n) is 25.3. The van der Waals surface area contributed by atoms with E-state index in [4.69, 9.17) is 14.2 Å². The minimum atomic E-state index is -0.784. The molecule has 0 fully saturated rings. The Kier molecular flexibility index (Phi) is 46.4. The van der Waals surface area contributed by atoms with Gasteiger partial charge in [0, 0.05) is 19.3 Å². The van der Waals surface area contributed by atoms with Crippen LogP contribution in [0, 0.1) is 0 Å². The van der Waals surface area contributed by atoms with Crippen molar-refractivity contribution in [3.8, 4) is 0 Å². The molecule has 0 bridgehead atoms. The largest absolute Gasteiger partial charge is 0.462 e. The number of hydrogen-bond acceptors (Lipinski definition) is 6. The van der Waals surface area contributed by atoms with Crippen LogP contribution in [-0.2, 0) is 28.6 Å². The van der Waals surface area contributed by atoms with Crippen LogP contribution in [-0.4, -0.2) is 37.2 Å². The molecule has 0 heterocycles. The molecule has 0 saturated heterocycles. The average molecular weight is 839 g/mol. The monoisotopic (exact) mass is 839 g/mol. The van der Waals surface area contributed by atoms with Gasteiger partial charge < -0.3 is 14.2 Å². The van der Waals surface area contributed by atoms with Crippen molar-refractivity contribution < 1.29 is 28.6 Å². The lowest BCUT2D eigenvalue weighted by Gasteiger charge is -2.18. The van der Waals surface area contributed by atoms with E-state index in [1.165, 1.54) is 96.3 Å². The molecule has 0 aliphatic heterocycles. The van der Waals surface area contributed by atoms with Crippen LogP contribution in [0.25, 0.3) is 0 Å². The summed E-state index contributed by atoms with van der Waals surface area (Å²) in [5.74, 6) is -0.915. The molecule has 1 atom stereocenters. The number of esters is 3. The number of unbranched alkanes of at least 4 members (excludes halogenated alkanes) is 24. The van der Waals surface area contributed by atoms with E-state index in [2.05, 4.69) is 81.5 Å². The minimum Gasteiger partial charge on any atom is -0.462 e. The number of carbonyl (C=O) groups is 3. The van der Waals surface area contributed by atoms with E-state index in [9.17, 15) is 14.4 Å². The summed E-state index contributed by atoms with van der Waals surface area (Å²) >= 11 is 0. The minimum absolute atomic E-state index is 0.0852. The van der Waals surface area contributed by atoms with Crippen LogP contribution in [0.15, 0.2) is 60.8 Å². The van der Waals surface area contributed by atoms with Gasteiger partial charge in [0.25, 0.3) is 0 Å². The summed E-state index contributed by atoms with van der Waals surface area (Å²) in [5, 5.41) is 0. The third-order valence-electron chi connectivity index (χ3n) is 10.7. The molecule has 1 unspecified atom stereocenters. The van der Waals surface area contributed by atoms with Gasteiger partial charge in [0.1, 0.15) is 13.2 Å². The van der Waals surface area contributed by atoms with Gasteiger partial charge >= 0.3 is 17.9 Å². The van der Waals surface area contributed by atoms with Gasteiger partial charge in [0.15, 0.2) is 6.10 Å². The molecule has 60 heavy (non-hydrogen) atoms. The van der Waals surface area contributed by atoms with Crippen molar-refractivity contribution in [2.45, 2.75) is 252 Å². The second-order valence-corrected chi connectivity index (χ2v) is 16.7. The molecule has 6 heteroatoms. The summed E-state index contributed by atoms with van der Waals surface area (Å²) in [7, 11) is 0. The maximum Gasteiger partial charge on any atom is 0.306 e. The fraction of sp³-hybridized carbons (Fsp3) is 0.759. The Hall–Kier alpha value is -2.89. The van der Waals surface area contributed by atoms with Crippen molar-refractivity contribution in [1.82, 2.24) is 0 Å². The molecule has 0 saturated carbocycles. The molecule has 0 aromatic rings. The van der Waals surface area contributed by atoms with Crippen LogP contribution in [0.5, 0.6) is 0 Å². The van der Waals surface area contributed by atoms with Crippen LogP contribution < -0.4 is 0 Å². The van der Waals surface area contributed by atoms with Gasteiger partial charge in [-0.15, -0.1) is 0 Å². The molecule has 346 valence electrons. The van der Waals surface area contributed by atoms with E-state index in [0.29, 0.717) is 19.3 Å². The first kappa shape index (κ1) is 57.1. The fourth-order valence-corrected chi connectivity index (χ4v) is 6.96. The van der Waals surface area contributed by atoms with Gasteiger partial charge in [-0.05, 0) is 77.0 Å². The number of ether oxygens (including phenoxy) is 3. The van der Waals surface area contributed by atoms with Gasteiger partial charge in [-0.3, -0.25) is 14.4 Å². The summed E-state index contributed by atoms with van der Waals surface area (Å²) in [6.45, 7) is 6.44. The predicted octanol–water partition coefficient (Wildman–Crippen LogP) is 16.5. The van der Waals surface area contributed by atoms with E-state index in [1.807, 2.05) is 0 Å². The highest BCUT2D eigenvalue weighted by Crippen LogP contribution is 2.15. The first-order valence-corrected chi connectivity index (χ1v) is 25.3. The van der Waals surface area contributed by atoms with Crippen LogP contribution >= 0.6 is 0 Å². The Balaban J connectivity index is 4.38. The van der Waals surface area contributed by atoms with Crippen molar-refractivity contribution in [3.05, 3.63) is 60.8 Å². The number of carbonyl (C=O) groups excluding carboxylic acids is 3. The van der Waals surface area contributed by atoms with Crippen LogP contribution in [0.4, 0.5) is 0 Å². The lowest BCUT2D eigenvalue weighted by molar-refractivity contribution is -0.167. The van der Waals surface area contributed by atoms with E-state index in [-0.39, 0.29) is 31.1 Å². The maximum atomic E-state index is 12.8. The molecule has 0 aliphatic rings. The lowest BCUT2D eigenvalue weighted by Crippen LogP contribution is -2.30. The highest BCUT2D eigenvalue weighted by molar-refractivity contribution is 5.71. The van der Waals surface area contributed by atoms with Crippen molar-refractivity contribution in [3.63, 3.8) is 0 Å². The van der Waals surface area contributed by atoms with Crippen molar-refractivity contribution >= 4 is 17.9 Å². The molecule has 0 spiro atoms. The van der Waals surface area contributed by atoms with Gasteiger partial charge in [0.05, 0.1) is 0 Å². The Labute approximate surface area is 370 Å². The Morgan fingerprint density at radius 2 is 0.683 bits per heavy atom. The molecule has 0 radical (unpaired) electrons. The van der Waals surface area contributed by atoms with Crippen LogP contribution in [0.1, 0.15) is 245 Å². The average Bonchev–Trinajstić information content (AvgIpc) is 3.24. The maximum absolute atomic E-state index is 12.8. The van der Waals surface area contributed by atoms with Crippen LogP contribution in [0.3, 0.4) is 0 Å². The molecule has 0 N–H and O–H groups in total. The van der Waals surface area contributed by atoms with Gasteiger partial charge in [-0.2, -0.15) is 0 Å². The van der Waals surface area contributed by atoms with Crippen LogP contribution in [0.2, 0.25) is 0 Å². The number of hydrogen-bond donors (Lipinski definition) is 0. The normalized spacial score (nSPS) is 12.5. The van der Waals surface area contributed by atoms with Crippen molar-refractivity contribution in [1.29, 1.82) is 0 Å². The summed E-state index contributed by atoms with van der Waals surface area (Å²) < 4.78 is 16.7. The zero-order valence-corrected chi connectivity index (χ0v) is 39.5. The summed E-state index contributed by atoms with van der Waals surface area (Å²) in [5.41, 5.74) is 0. The highest BCUT2D eigenvalue weighted by Gasteiger charge is 2.19. The Bertz CT molecular complexity index is 1100. The zero-order chi connectivity index (χ0) is 43.7. The fourth-order valence-electron chi connectivity index (χ4n) is 6.96. The predicted molar refractivity (Wildman–Crippen MR) is 256 cm³/mol. The number of allylic oxidation sites excluding steroid dienone is 10. The van der Waals surface area contributed by atoms with E-state index < -0.39 is 6.10 Å². The standard InChI is InChI=1S/C54H94O6/c1-4-7-10-13-16-19-22-24-26-27-29-30-32-35-38-41-44-47-53(56)59-50-51(49-58-52(55)46-43-40-37-34-21-18-15-12-9-6-3)60-54(57)48-45-42-39-36-33-31-28-25-23-20-17-14-11-8-5-2/h7,10,12,15-16,19,24,26,29-30,51H,4-6,8-9,11,13-14,17-18,20-23,25,27-28,31-50H2,1-3H3/b10-7-,15-12-,19-16-,26-24-,30-29-. The topological polar surface area (TPSA) is 78.9 Å². The highest BCUT2D eigenvalue weighted by atomic mass is 16.6. The van der Waals surface area contributed by atoms with Gasteiger partial charge in [0.2, 0.25) is 0 Å². The summed E-state index contributed by atoms with van der Waals surface area (Å²) in [4.78, 5) is 37.9. The van der Waals surface area contributed by atoms with Crippen molar-refractivity contribution in [2.75, 3.05) is 13.2 Å². The summed E-state index contributed by atoms with van der Waals surface area (Å²) in [6, 6.07) is 0. The molecule has 0 aliphatic carbocycles. The molecular weight excluding hydrogens is 745 g/mol. The SMILES string of the molecule is CC/C=C\C/C=C\C/C=C\C/C=C\CCCCCCC(=O)OCC(COC(=O)CCCCCCC/C=C\CCC)OC(=O)CCCCCCCCCCCCCCCCC. The first-order chi connectivity index (χ1) is 29.5. The van der Waals surface area contributed by atoms with Gasteiger partial charge in [-0.1, -0.05) is 210 Å². The number of rotatable bonds is 45. The third-order valence-corrected chi connectivity index (χ3v) is 10.7. The van der Waals surface area contributed by atoms with E-state index >= 15 is 0 Å². The second kappa shape index (κ2) is 48.8.